The summed E-state index contributed by atoms with van der Waals surface area (Å²) in [5, 5.41) is 40.5. The van der Waals surface area contributed by atoms with E-state index in [-0.39, 0.29) is 28.8 Å². The summed E-state index contributed by atoms with van der Waals surface area (Å²) in [6, 6.07) is 27.0. The van der Waals surface area contributed by atoms with E-state index in [0.29, 0.717) is 16.5 Å². The number of aryl methyl sites for hydroxylation is 1. The van der Waals surface area contributed by atoms with E-state index >= 15 is 0 Å². The lowest BCUT2D eigenvalue weighted by Gasteiger charge is -2.09. The maximum atomic E-state index is 11.2. The van der Waals surface area contributed by atoms with Gasteiger partial charge in [0.2, 0.25) is 5.88 Å². The van der Waals surface area contributed by atoms with E-state index in [4.69, 9.17) is 9.84 Å². The minimum absolute atomic E-state index is 0.0598. The summed E-state index contributed by atoms with van der Waals surface area (Å²) in [6.07, 6.45) is 1.83. The number of unbranched alkanes of at least 4 members (excludes halogenated alkanes) is 1. The summed E-state index contributed by atoms with van der Waals surface area (Å²) in [7, 11) is 0. The van der Waals surface area contributed by atoms with Crippen LogP contribution in [0.2, 0.25) is 0 Å². The number of para-hydroxylation sites is 2. The highest BCUT2D eigenvalue weighted by Crippen LogP contribution is 2.43. The first-order valence-electron chi connectivity index (χ1n) is 12.6. The van der Waals surface area contributed by atoms with Crippen molar-refractivity contribution in [3.63, 3.8) is 0 Å². The molecule has 1 heterocycles. The third-order valence-corrected chi connectivity index (χ3v) is 6.46. The van der Waals surface area contributed by atoms with E-state index in [1.54, 1.807) is 34.9 Å². The number of carboxylic acid groups (broad SMARTS) is 1. The highest BCUT2D eigenvalue weighted by atomic mass is 16.7. The Morgan fingerprint density at radius 2 is 1.67 bits per heavy atom. The topological polar surface area (TPSA) is 117 Å². The summed E-state index contributed by atoms with van der Waals surface area (Å²) in [5.74, 6) is -0.0717. The Morgan fingerprint density at radius 1 is 0.897 bits per heavy atom. The van der Waals surface area contributed by atoms with Crippen molar-refractivity contribution in [1.29, 1.82) is 0 Å². The number of ether oxygens (including phenoxy) is 1. The maximum Gasteiger partial charge on any atom is 0.511 e. The number of fused-ring (bicyclic) bond motifs is 1. The van der Waals surface area contributed by atoms with Crippen molar-refractivity contribution in [2.75, 3.05) is 0 Å². The molecule has 0 saturated heterocycles. The normalized spacial score (nSPS) is 11.3. The van der Waals surface area contributed by atoms with Crippen molar-refractivity contribution >= 4 is 28.4 Å². The molecule has 0 radical (unpaired) electrons. The monoisotopic (exact) mass is 521 g/mol. The number of azo groups is 1. The van der Waals surface area contributed by atoms with Crippen molar-refractivity contribution in [3.8, 4) is 34.2 Å². The highest BCUT2D eigenvalue weighted by molar-refractivity contribution is 5.96. The number of phenolic OH excluding ortho intramolecular Hbond substituents is 1. The van der Waals surface area contributed by atoms with Crippen LogP contribution in [-0.2, 0) is 6.42 Å². The van der Waals surface area contributed by atoms with E-state index < -0.39 is 6.16 Å². The first kappa shape index (κ1) is 25.5. The Morgan fingerprint density at radius 3 is 2.44 bits per heavy atom. The predicted octanol–water partition coefficient (Wildman–Crippen LogP) is 8.52. The summed E-state index contributed by atoms with van der Waals surface area (Å²) in [4.78, 5) is 10.9. The van der Waals surface area contributed by atoms with Crippen molar-refractivity contribution in [3.05, 3.63) is 96.6 Å². The van der Waals surface area contributed by atoms with Gasteiger partial charge in [0.15, 0.2) is 11.4 Å². The number of hydrogen-bond acceptors (Lipinski definition) is 6. The Hall–Kier alpha value is -5.11. The average Bonchev–Trinajstić information content (AvgIpc) is 3.22. The van der Waals surface area contributed by atoms with Gasteiger partial charge in [0, 0.05) is 16.6 Å². The molecule has 8 nitrogen and oxygen atoms in total. The number of aromatic hydroxyl groups is 2. The van der Waals surface area contributed by atoms with Gasteiger partial charge >= 0.3 is 6.16 Å². The zero-order valence-corrected chi connectivity index (χ0v) is 21.3. The second kappa shape index (κ2) is 11.1. The largest absolute Gasteiger partial charge is 0.511 e. The number of rotatable bonds is 8. The molecule has 8 heteroatoms. The number of benzene rings is 4. The van der Waals surface area contributed by atoms with Crippen LogP contribution in [-0.4, -0.2) is 26.0 Å². The number of phenols is 1. The summed E-state index contributed by atoms with van der Waals surface area (Å²) < 4.78 is 6.46. The van der Waals surface area contributed by atoms with Crippen LogP contribution in [0.5, 0.6) is 17.4 Å². The fourth-order valence-corrected chi connectivity index (χ4v) is 4.54. The van der Waals surface area contributed by atoms with Crippen LogP contribution in [0.3, 0.4) is 0 Å². The van der Waals surface area contributed by atoms with Gasteiger partial charge in [0.1, 0.15) is 11.4 Å². The second-order valence-corrected chi connectivity index (χ2v) is 9.06. The van der Waals surface area contributed by atoms with Gasteiger partial charge in [0.05, 0.1) is 5.52 Å². The fourth-order valence-electron chi connectivity index (χ4n) is 4.54. The van der Waals surface area contributed by atoms with Gasteiger partial charge in [-0.05, 0) is 60.4 Å². The van der Waals surface area contributed by atoms with Gasteiger partial charge in [-0.15, -0.1) is 10.2 Å². The van der Waals surface area contributed by atoms with E-state index in [1.807, 2.05) is 36.4 Å². The second-order valence-electron chi connectivity index (χ2n) is 9.06. The van der Waals surface area contributed by atoms with Crippen LogP contribution in [0.15, 0.2) is 101 Å². The SMILES string of the molecule is CCCCc1ccc(-n2c(O)c(N=Nc3cccc(-c4cccc(OC(=O)O)c4)c3O)c3ccccc32)cc1. The van der Waals surface area contributed by atoms with E-state index in [2.05, 4.69) is 29.3 Å². The average molecular weight is 522 g/mol. The van der Waals surface area contributed by atoms with E-state index in [0.717, 1.165) is 30.5 Å². The smallest absolute Gasteiger partial charge is 0.505 e. The highest BCUT2D eigenvalue weighted by Gasteiger charge is 2.18. The van der Waals surface area contributed by atoms with Crippen molar-refractivity contribution < 1.29 is 24.9 Å². The van der Waals surface area contributed by atoms with Gasteiger partial charge in [-0.2, -0.15) is 0 Å². The molecule has 0 bridgehead atoms. The molecule has 0 amide bonds. The van der Waals surface area contributed by atoms with Crippen LogP contribution in [0, 0.1) is 0 Å². The fraction of sp³-hybridized carbons (Fsp3) is 0.129. The van der Waals surface area contributed by atoms with Crippen LogP contribution in [0.25, 0.3) is 27.7 Å². The molecule has 0 atom stereocenters. The Labute approximate surface area is 225 Å². The van der Waals surface area contributed by atoms with Gasteiger partial charge < -0.3 is 20.1 Å². The molecule has 196 valence electrons. The quantitative estimate of drug-likeness (QED) is 0.107. The predicted molar refractivity (Wildman–Crippen MR) is 150 cm³/mol. The Kier molecular flexibility index (Phi) is 7.27. The molecule has 0 aliphatic heterocycles. The number of hydrogen-bond donors (Lipinski definition) is 3. The molecule has 4 aromatic carbocycles. The van der Waals surface area contributed by atoms with Gasteiger partial charge in [-0.3, -0.25) is 4.57 Å². The van der Waals surface area contributed by atoms with Gasteiger partial charge in [-0.1, -0.05) is 67.9 Å². The van der Waals surface area contributed by atoms with E-state index in [9.17, 15) is 15.0 Å². The third kappa shape index (κ3) is 5.31. The Bertz CT molecular complexity index is 1670. The molecule has 0 saturated carbocycles. The third-order valence-electron chi connectivity index (χ3n) is 6.46. The van der Waals surface area contributed by atoms with Crippen molar-refractivity contribution in [2.24, 2.45) is 10.2 Å². The molecule has 3 N–H and O–H groups in total. The number of aromatic nitrogens is 1. The maximum absolute atomic E-state index is 11.2. The first-order valence-corrected chi connectivity index (χ1v) is 12.6. The molecule has 0 aliphatic carbocycles. The van der Waals surface area contributed by atoms with E-state index in [1.165, 1.54) is 17.7 Å². The van der Waals surface area contributed by atoms with Crippen LogP contribution >= 0.6 is 0 Å². The summed E-state index contributed by atoms with van der Waals surface area (Å²) in [6.45, 7) is 2.17. The minimum Gasteiger partial charge on any atom is -0.505 e. The molecule has 0 spiro atoms. The minimum atomic E-state index is -1.43. The van der Waals surface area contributed by atoms with Crippen LogP contribution in [0.4, 0.5) is 16.2 Å². The molecular formula is C31H27N3O5. The lowest BCUT2D eigenvalue weighted by molar-refractivity contribution is 0.144. The molecule has 0 fully saturated rings. The van der Waals surface area contributed by atoms with Gasteiger partial charge in [0.25, 0.3) is 0 Å². The summed E-state index contributed by atoms with van der Waals surface area (Å²) in [5.41, 5.74) is 4.27. The Balaban J connectivity index is 1.52. The van der Waals surface area contributed by atoms with Crippen molar-refractivity contribution in [1.82, 2.24) is 4.57 Å². The zero-order valence-electron chi connectivity index (χ0n) is 21.3. The molecule has 0 unspecified atom stereocenters. The van der Waals surface area contributed by atoms with Gasteiger partial charge in [-0.25, -0.2) is 4.79 Å². The zero-order chi connectivity index (χ0) is 27.4. The molecule has 0 aliphatic rings. The van der Waals surface area contributed by atoms with Crippen molar-refractivity contribution in [2.45, 2.75) is 26.2 Å². The standard InChI is InChI=1S/C31H27N3O5/c1-2-3-8-20-15-17-22(18-16-20)34-27-14-5-4-11-25(27)28(30(34)36)33-32-26-13-7-12-24(29(26)35)21-9-6-10-23(19-21)39-31(37)38/h4-7,9-19,35-36H,2-3,8H2,1H3,(H,37,38). The molecular weight excluding hydrogens is 494 g/mol. The molecule has 5 rings (SSSR count). The molecule has 1 aromatic heterocycles. The lowest BCUT2D eigenvalue weighted by Crippen LogP contribution is -2.02. The van der Waals surface area contributed by atoms with Crippen LogP contribution in [0.1, 0.15) is 25.3 Å². The molecule has 5 aromatic rings. The van der Waals surface area contributed by atoms with Crippen LogP contribution < -0.4 is 4.74 Å². The lowest BCUT2D eigenvalue weighted by atomic mass is 10.0. The first-order chi connectivity index (χ1) is 19.0. The number of nitrogens with zero attached hydrogens (tertiary/aromatic N) is 3. The summed E-state index contributed by atoms with van der Waals surface area (Å²) >= 11 is 0. The number of carbonyl (C=O) groups is 1. The molecule has 39 heavy (non-hydrogen) atoms.